The van der Waals surface area contributed by atoms with Crippen LogP contribution in [0.3, 0.4) is 0 Å². The number of hydrogen-bond acceptors (Lipinski definition) is 4. The van der Waals surface area contributed by atoms with Gasteiger partial charge in [0.25, 0.3) is 0 Å². The number of benzene rings is 1. The van der Waals surface area contributed by atoms with Crippen LogP contribution in [0.15, 0.2) is 41.6 Å². The van der Waals surface area contributed by atoms with Gasteiger partial charge in [-0.05, 0) is 12.0 Å². The minimum Gasteiger partial charge on any atom is -0.456 e. The second-order valence-corrected chi connectivity index (χ2v) is 5.67. The van der Waals surface area contributed by atoms with Crippen LogP contribution in [0.2, 0.25) is 0 Å². The molecule has 0 aliphatic carbocycles. The molecule has 0 unspecified atom stereocenters. The highest BCUT2D eigenvalue weighted by molar-refractivity contribution is 5.98. The summed E-state index contributed by atoms with van der Waals surface area (Å²) in [5.74, 6) is -0.728. The Hall–Kier alpha value is -2.83. The Labute approximate surface area is 139 Å². The molecule has 0 spiro atoms. The molecule has 0 aromatic heterocycles. The van der Waals surface area contributed by atoms with Gasteiger partial charge in [-0.2, -0.15) is 0 Å². The number of hydrogen-bond donors (Lipinski definition) is 2. The van der Waals surface area contributed by atoms with Crippen molar-refractivity contribution >= 4 is 17.9 Å². The first-order chi connectivity index (χ1) is 11.6. The standard InChI is InChI=1S/C17H19N3O4/c1-2-8-18-13(21)9-20-12-10-24-16(22)14(12)15(19-17(20)23)11-6-4-3-5-7-11/h3-7,15H,2,8-10H2,1H3,(H,18,21)(H,19,23)/t15-/m0/s1. The van der Waals surface area contributed by atoms with Gasteiger partial charge in [-0.1, -0.05) is 37.3 Å². The Balaban J connectivity index is 1.89. The van der Waals surface area contributed by atoms with E-state index in [1.165, 1.54) is 4.90 Å². The van der Waals surface area contributed by atoms with Crippen LogP contribution in [0.4, 0.5) is 4.79 Å². The van der Waals surface area contributed by atoms with Gasteiger partial charge in [-0.3, -0.25) is 9.69 Å². The molecule has 0 fully saturated rings. The van der Waals surface area contributed by atoms with E-state index in [2.05, 4.69) is 10.6 Å². The van der Waals surface area contributed by atoms with E-state index in [4.69, 9.17) is 4.74 Å². The molecule has 0 saturated carbocycles. The molecule has 1 atom stereocenters. The van der Waals surface area contributed by atoms with E-state index in [-0.39, 0.29) is 19.1 Å². The summed E-state index contributed by atoms with van der Waals surface area (Å²) in [5.41, 5.74) is 1.65. The fraction of sp³-hybridized carbons (Fsp3) is 0.353. The molecule has 0 radical (unpaired) electrons. The number of carbonyl (C=O) groups is 3. The van der Waals surface area contributed by atoms with E-state index in [9.17, 15) is 14.4 Å². The van der Waals surface area contributed by atoms with E-state index in [1.807, 2.05) is 37.3 Å². The van der Waals surface area contributed by atoms with Gasteiger partial charge in [0, 0.05) is 6.54 Å². The third-order valence-electron chi connectivity index (χ3n) is 4.01. The first-order valence-electron chi connectivity index (χ1n) is 7.91. The van der Waals surface area contributed by atoms with Crippen molar-refractivity contribution in [2.45, 2.75) is 19.4 Å². The zero-order valence-electron chi connectivity index (χ0n) is 13.4. The smallest absolute Gasteiger partial charge is 0.338 e. The summed E-state index contributed by atoms with van der Waals surface area (Å²) >= 11 is 0. The molecule has 0 bridgehead atoms. The van der Waals surface area contributed by atoms with Crippen LogP contribution in [0.1, 0.15) is 24.9 Å². The molecule has 1 aromatic rings. The van der Waals surface area contributed by atoms with Crippen LogP contribution in [0.5, 0.6) is 0 Å². The number of urea groups is 1. The number of esters is 1. The number of nitrogens with one attached hydrogen (secondary N) is 2. The van der Waals surface area contributed by atoms with Gasteiger partial charge < -0.3 is 15.4 Å². The Morgan fingerprint density at radius 2 is 2.08 bits per heavy atom. The molecular weight excluding hydrogens is 310 g/mol. The highest BCUT2D eigenvalue weighted by Gasteiger charge is 2.42. The fourth-order valence-corrected chi connectivity index (χ4v) is 2.84. The molecule has 0 saturated heterocycles. The lowest BCUT2D eigenvalue weighted by atomic mass is 9.96. The van der Waals surface area contributed by atoms with Crippen molar-refractivity contribution in [3.05, 3.63) is 47.2 Å². The fourth-order valence-electron chi connectivity index (χ4n) is 2.84. The second kappa shape index (κ2) is 6.74. The Morgan fingerprint density at radius 3 is 2.79 bits per heavy atom. The normalized spacial score (nSPS) is 19.7. The molecule has 3 amide bonds. The minimum atomic E-state index is -0.557. The topological polar surface area (TPSA) is 87.7 Å². The highest BCUT2D eigenvalue weighted by atomic mass is 16.5. The molecule has 7 heteroatoms. The van der Waals surface area contributed by atoms with Crippen molar-refractivity contribution in [1.29, 1.82) is 0 Å². The van der Waals surface area contributed by atoms with Crippen LogP contribution < -0.4 is 10.6 Å². The van der Waals surface area contributed by atoms with Crippen LogP contribution in [0.25, 0.3) is 0 Å². The summed E-state index contributed by atoms with van der Waals surface area (Å²) in [4.78, 5) is 37.9. The monoisotopic (exact) mass is 329 g/mol. The predicted molar refractivity (Wildman–Crippen MR) is 85.7 cm³/mol. The molecule has 7 nitrogen and oxygen atoms in total. The molecule has 126 valence electrons. The zero-order valence-corrected chi connectivity index (χ0v) is 13.4. The Morgan fingerprint density at radius 1 is 1.33 bits per heavy atom. The zero-order chi connectivity index (χ0) is 17.1. The lowest BCUT2D eigenvalue weighted by molar-refractivity contribution is -0.136. The van der Waals surface area contributed by atoms with E-state index in [1.54, 1.807) is 0 Å². The molecule has 2 N–H and O–H groups in total. The highest BCUT2D eigenvalue weighted by Crippen LogP contribution is 2.34. The van der Waals surface area contributed by atoms with Crippen molar-refractivity contribution in [2.24, 2.45) is 0 Å². The number of cyclic esters (lactones) is 1. The maximum Gasteiger partial charge on any atom is 0.338 e. The third-order valence-corrected chi connectivity index (χ3v) is 4.01. The Kier molecular flexibility index (Phi) is 4.50. The van der Waals surface area contributed by atoms with Gasteiger partial charge >= 0.3 is 12.0 Å². The molecule has 2 aliphatic rings. The summed E-state index contributed by atoms with van der Waals surface area (Å²) in [6.45, 7) is 2.36. The third kappa shape index (κ3) is 2.97. The summed E-state index contributed by atoms with van der Waals surface area (Å²) in [6, 6.07) is 8.25. The number of amides is 3. The lowest BCUT2D eigenvalue weighted by Gasteiger charge is -2.32. The minimum absolute atomic E-state index is 0.00593. The average molecular weight is 329 g/mol. The number of ether oxygens (including phenoxy) is 1. The van der Waals surface area contributed by atoms with Gasteiger partial charge in [0.1, 0.15) is 13.2 Å². The van der Waals surface area contributed by atoms with E-state index in [0.29, 0.717) is 17.8 Å². The second-order valence-electron chi connectivity index (χ2n) is 5.67. The van der Waals surface area contributed by atoms with Crippen molar-refractivity contribution < 1.29 is 19.1 Å². The van der Waals surface area contributed by atoms with Crippen molar-refractivity contribution in [2.75, 3.05) is 19.7 Å². The molecule has 1 aromatic carbocycles. The first kappa shape index (κ1) is 16.0. The van der Waals surface area contributed by atoms with Crippen molar-refractivity contribution in [1.82, 2.24) is 15.5 Å². The van der Waals surface area contributed by atoms with Crippen LogP contribution in [0, 0.1) is 0 Å². The van der Waals surface area contributed by atoms with Gasteiger partial charge in [0.2, 0.25) is 5.91 Å². The van der Waals surface area contributed by atoms with Crippen molar-refractivity contribution in [3.8, 4) is 0 Å². The van der Waals surface area contributed by atoms with Gasteiger partial charge in [0.05, 0.1) is 17.3 Å². The van der Waals surface area contributed by atoms with Crippen molar-refractivity contribution in [3.63, 3.8) is 0 Å². The molecule has 3 rings (SSSR count). The van der Waals surface area contributed by atoms with Gasteiger partial charge in [-0.15, -0.1) is 0 Å². The van der Waals surface area contributed by atoms with Crippen LogP contribution >= 0.6 is 0 Å². The number of rotatable bonds is 5. The lowest BCUT2D eigenvalue weighted by Crippen LogP contribution is -2.50. The van der Waals surface area contributed by atoms with Gasteiger partial charge in [0.15, 0.2) is 0 Å². The molecule has 24 heavy (non-hydrogen) atoms. The average Bonchev–Trinajstić information content (AvgIpc) is 2.98. The summed E-state index contributed by atoms with van der Waals surface area (Å²) in [6.07, 6.45) is 0.809. The molecular formula is C17H19N3O4. The summed E-state index contributed by atoms with van der Waals surface area (Å²) in [5, 5.41) is 5.52. The molecule has 2 aliphatic heterocycles. The SMILES string of the molecule is CCCNC(=O)CN1C(=O)N[C@@H](c2ccccc2)C2=C1COC2=O. The summed E-state index contributed by atoms with van der Waals surface area (Å²) in [7, 11) is 0. The van der Waals surface area contributed by atoms with Crippen LogP contribution in [-0.4, -0.2) is 42.5 Å². The Bertz CT molecular complexity index is 699. The van der Waals surface area contributed by atoms with E-state index in [0.717, 1.165) is 12.0 Å². The van der Waals surface area contributed by atoms with E-state index >= 15 is 0 Å². The quantitative estimate of drug-likeness (QED) is 0.792. The maximum atomic E-state index is 12.5. The first-order valence-corrected chi connectivity index (χ1v) is 7.91. The molecule has 2 heterocycles. The number of nitrogens with zero attached hydrogens (tertiary/aromatic N) is 1. The maximum absolute atomic E-state index is 12.5. The van der Waals surface area contributed by atoms with E-state index < -0.39 is 18.0 Å². The number of carbonyl (C=O) groups excluding carboxylic acids is 3. The summed E-state index contributed by atoms with van der Waals surface area (Å²) < 4.78 is 5.11. The van der Waals surface area contributed by atoms with Crippen LogP contribution in [-0.2, 0) is 14.3 Å². The largest absolute Gasteiger partial charge is 0.456 e. The van der Waals surface area contributed by atoms with Gasteiger partial charge in [-0.25, -0.2) is 9.59 Å². The predicted octanol–water partition coefficient (Wildman–Crippen LogP) is 1.09.